The van der Waals surface area contributed by atoms with Crippen LogP contribution in [0.3, 0.4) is 0 Å². The molecule has 0 rings (SSSR count). The Hall–Kier alpha value is -1.11. The third-order valence-corrected chi connectivity index (χ3v) is 2.69. The molecule has 0 aromatic carbocycles. The number of allylic oxidation sites excluding steroid dienone is 6. The van der Waals surface area contributed by atoms with Crippen LogP contribution in [0.25, 0.3) is 0 Å². The zero-order valence-corrected chi connectivity index (χ0v) is 11.8. The Labute approximate surface area is 113 Å². The Morgan fingerprint density at radius 1 is 0.667 bits per heavy atom. The van der Waals surface area contributed by atoms with Gasteiger partial charge in [0.15, 0.2) is 0 Å². The van der Waals surface area contributed by atoms with Gasteiger partial charge in [-0.25, -0.2) is 0 Å². The summed E-state index contributed by atoms with van der Waals surface area (Å²) in [6.07, 6.45) is 24.2. The molecule has 1 nitrogen and oxygen atoms in total. The van der Waals surface area contributed by atoms with E-state index in [1.165, 1.54) is 25.7 Å². The van der Waals surface area contributed by atoms with Gasteiger partial charge in [0.2, 0.25) is 0 Å². The summed E-state index contributed by atoms with van der Waals surface area (Å²) in [5.74, 6) is 0. The second-order valence-corrected chi connectivity index (χ2v) is 4.48. The fourth-order valence-electron chi connectivity index (χ4n) is 1.61. The Morgan fingerprint density at radius 3 is 1.83 bits per heavy atom. The van der Waals surface area contributed by atoms with Crippen molar-refractivity contribution in [3.05, 3.63) is 36.5 Å². The lowest BCUT2D eigenvalue weighted by Gasteiger charge is -1.93. The number of aldehydes is 1. The van der Waals surface area contributed by atoms with Gasteiger partial charge in [-0.15, -0.1) is 0 Å². The van der Waals surface area contributed by atoms with E-state index >= 15 is 0 Å². The number of hydrogen-bond donors (Lipinski definition) is 0. The minimum atomic E-state index is 0.720. The molecule has 0 N–H and O–H groups in total. The van der Waals surface area contributed by atoms with Crippen LogP contribution in [0.5, 0.6) is 0 Å². The highest BCUT2D eigenvalue weighted by Gasteiger charge is 1.85. The van der Waals surface area contributed by atoms with Crippen LogP contribution in [-0.2, 0) is 4.79 Å². The molecule has 0 bridgehead atoms. The molecule has 0 heterocycles. The van der Waals surface area contributed by atoms with E-state index < -0.39 is 0 Å². The Bertz CT molecular complexity index is 248. The standard InChI is InChI=1S/C17H28O/c1-2-3-4-5-6-7-8-9-10-11-12-13-14-15-16-17-18/h4-5,7-8,10-11,17H,2-3,6,9,12-16H2,1H3/b5-4-,8-7-,11-10-. The Morgan fingerprint density at radius 2 is 1.22 bits per heavy atom. The number of carbonyl (C=O) groups excluding carboxylic acids is 1. The third-order valence-electron chi connectivity index (χ3n) is 2.69. The van der Waals surface area contributed by atoms with Gasteiger partial charge in [-0.3, -0.25) is 0 Å². The van der Waals surface area contributed by atoms with Crippen molar-refractivity contribution < 1.29 is 4.79 Å². The molecule has 0 aliphatic heterocycles. The maximum atomic E-state index is 10.1. The average molecular weight is 248 g/mol. The highest BCUT2D eigenvalue weighted by Crippen LogP contribution is 2.03. The molecule has 0 radical (unpaired) electrons. The average Bonchev–Trinajstić information content (AvgIpc) is 2.39. The first-order chi connectivity index (χ1) is 8.91. The molecule has 0 aromatic heterocycles. The van der Waals surface area contributed by atoms with E-state index in [0.717, 1.165) is 38.4 Å². The Kier molecular flexibility index (Phi) is 14.9. The van der Waals surface area contributed by atoms with Gasteiger partial charge in [0.25, 0.3) is 0 Å². The van der Waals surface area contributed by atoms with Gasteiger partial charge in [-0.05, 0) is 38.5 Å². The van der Waals surface area contributed by atoms with Gasteiger partial charge in [0, 0.05) is 6.42 Å². The molecule has 0 spiro atoms. The first-order valence-corrected chi connectivity index (χ1v) is 7.30. The van der Waals surface area contributed by atoms with Crippen LogP contribution in [0.4, 0.5) is 0 Å². The molecular weight excluding hydrogens is 220 g/mol. The minimum Gasteiger partial charge on any atom is -0.303 e. The van der Waals surface area contributed by atoms with Crippen molar-refractivity contribution in [3.8, 4) is 0 Å². The number of rotatable bonds is 12. The van der Waals surface area contributed by atoms with Crippen LogP contribution in [0, 0.1) is 0 Å². The molecule has 0 saturated heterocycles. The zero-order valence-electron chi connectivity index (χ0n) is 11.8. The lowest BCUT2D eigenvalue weighted by molar-refractivity contribution is -0.107. The minimum absolute atomic E-state index is 0.720. The lowest BCUT2D eigenvalue weighted by Crippen LogP contribution is -1.77. The van der Waals surface area contributed by atoms with Gasteiger partial charge < -0.3 is 4.79 Å². The maximum absolute atomic E-state index is 10.1. The lowest BCUT2D eigenvalue weighted by atomic mass is 10.1. The van der Waals surface area contributed by atoms with E-state index in [2.05, 4.69) is 43.4 Å². The molecule has 0 aromatic rings. The third kappa shape index (κ3) is 14.9. The summed E-state index contributed by atoms with van der Waals surface area (Å²) in [7, 11) is 0. The fraction of sp³-hybridized carbons (Fsp3) is 0.588. The molecule has 0 saturated carbocycles. The molecule has 0 unspecified atom stereocenters. The molecule has 0 aliphatic carbocycles. The molecule has 18 heavy (non-hydrogen) atoms. The van der Waals surface area contributed by atoms with Gasteiger partial charge in [-0.2, -0.15) is 0 Å². The van der Waals surface area contributed by atoms with Crippen molar-refractivity contribution >= 4 is 6.29 Å². The topological polar surface area (TPSA) is 17.1 Å². The molecule has 0 atom stereocenters. The second kappa shape index (κ2) is 15.9. The van der Waals surface area contributed by atoms with Crippen molar-refractivity contribution in [2.75, 3.05) is 0 Å². The summed E-state index contributed by atoms with van der Waals surface area (Å²) in [4.78, 5) is 10.1. The summed E-state index contributed by atoms with van der Waals surface area (Å²) >= 11 is 0. The second-order valence-electron chi connectivity index (χ2n) is 4.48. The zero-order chi connectivity index (χ0) is 13.3. The molecular formula is C17H28O. The van der Waals surface area contributed by atoms with Gasteiger partial charge >= 0.3 is 0 Å². The molecule has 1 heteroatoms. The van der Waals surface area contributed by atoms with Crippen LogP contribution in [-0.4, -0.2) is 6.29 Å². The van der Waals surface area contributed by atoms with E-state index in [1.807, 2.05) is 0 Å². The summed E-state index contributed by atoms with van der Waals surface area (Å²) in [5.41, 5.74) is 0. The van der Waals surface area contributed by atoms with Crippen LogP contribution in [0.15, 0.2) is 36.5 Å². The summed E-state index contributed by atoms with van der Waals surface area (Å²) < 4.78 is 0. The highest BCUT2D eigenvalue weighted by molar-refractivity contribution is 5.48. The Balaban J connectivity index is 3.26. The van der Waals surface area contributed by atoms with Gasteiger partial charge in [0.1, 0.15) is 6.29 Å². The summed E-state index contributed by atoms with van der Waals surface area (Å²) in [6, 6.07) is 0. The van der Waals surface area contributed by atoms with Crippen molar-refractivity contribution in [2.24, 2.45) is 0 Å². The first kappa shape index (κ1) is 16.9. The smallest absolute Gasteiger partial charge is 0.119 e. The van der Waals surface area contributed by atoms with Crippen LogP contribution in [0.2, 0.25) is 0 Å². The van der Waals surface area contributed by atoms with E-state index in [-0.39, 0.29) is 0 Å². The van der Waals surface area contributed by atoms with Crippen LogP contribution < -0.4 is 0 Å². The van der Waals surface area contributed by atoms with E-state index in [1.54, 1.807) is 0 Å². The molecule has 102 valence electrons. The monoisotopic (exact) mass is 248 g/mol. The van der Waals surface area contributed by atoms with Crippen LogP contribution in [0.1, 0.15) is 64.7 Å². The number of unbranched alkanes of at least 4 members (excludes halogenated alkanes) is 5. The van der Waals surface area contributed by atoms with Crippen LogP contribution >= 0.6 is 0 Å². The molecule has 0 fully saturated rings. The van der Waals surface area contributed by atoms with Crippen molar-refractivity contribution in [1.82, 2.24) is 0 Å². The quantitative estimate of drug-likeness (QED) is 0.257. The summed E-state index contributed by atoms with van der Waals surface area (Å²) in [5, 5.41) is 0. The van der Waals surface area contributed by atoms with E-state index in [9.17, 15) is 4.79 Å². The number of carbonyl (C=O) groups is 1. The normalized spacial score (nSPS) is 12.1. The fourth-order valence-corrected chi connectivity index (χ4v) is 1.61. The van der Waals surface area contributed by atoms with Crippen molar-refractivity contribution in [1.29, 1.82) is 0 Å². The predicted molar refractivity (Wildman–Crippen MR) is 80.7 cm³/mol. The highest BCUT2D eigenvalue weighted by atomic mass is 16.1. The van der Waals surface area contributed by atoms with E-state index in [4.69, 9.17) is 0 Å². The number of hydrogen-bond acceptors (Lipinski definition) is 1. The van der Waals surface area contributed by atoms with Gasteiger partial charge in [0.05, 0.1) is 0 Å². The maximum Gasteiger partial charge on any atom is 0.119 e. The molecule has 0 aliphatic rings. The molecule has 0 amide bonds. The van der Waals surface area contributed by atoms with E-state index in [0.29, 0.717) is 0 Å². The first-order valence-electron chi connectivity index (χ1n) is 7.30. The van der Waals surface area contributed by atoms with Gasteiger partial charge in [-0.1, -0.05) is 56.2 Å². The predicted octanol–water partition coefficient (Wildman–Crippen LogP) is 5.38. The van der Waals surface area contributed by atoms with Crippen molar-refractivity contribution in [3.63, 3.8) is 0 Å². The summed E-state index contributed by atoms with van der Waals surface area (Å²) in [6.45, 7) is 2.20. The van der Waals surface area contributed by atoms with Crippen molar-refractivity contribution in [2.45, 2.75) is 64.7 Å². The largest absolute Gasteiger partial charge is 0.303 e. The SMILES string of the molecule is CCC/C=C\C/C=C\C/C=C\CCCCCC=O.